The lowest BCUT2D eigenvalue weighted by atomic mass is 10.0. The van der Waals surface area contributed by atoms with Crippen molar-refractivity contribution >= 4 is 35.0 Å². The maximum atomic E-state index is 11.7. The van der Waals surface area contributed by atoms with Crippen LogP contribution in [0.3, 0.4) is 0 Å². The number of carboxylic acids is 1. The first-order valence-corrected chi connectivity index (χ1v) is 8.42. The first-order chi connectivity index (χ1) is 9.38. The summed E-state index contributed by atoms with van der Waals surface area (Å²) in [7, 11) is 0. The highest BCUT2D eigenvalue weighted by molar-refractivity contribution is 7.99. The minimum Gasteiger partial charge on any atom is -0.480 e. The number of thiazole rings is 1. The fraction of sp³-hybridized carbons (Fsp3) is 0.615. The molecule has 0 aliphatic heterocycles. The van der Waals surface area contributed by atoms with Gasteiger partial charge in [0, 0.05) is 11.1 Å². The van der Waals surface area contributed by atoms with Crippen LogP contribution in [0.25, 0.3) is 0 Å². The van der Waals surface area contributed by atoms with E-state index in [2.05, 4.69) is 10.3 Å². The quantitative estimate of drug-likeness (QED) is 0.769. The molecule has 7 heteroatoms. The van der Waals surface area contributed by atoms with Gasteiger partial charge >= 0.3 is 5.97 Å². The molecule has 20 heavy (non-hydrogen) atoms. The van der Waals surface area contributed by atoms with Crippen molar-refractivity contribution in [1.82, 2.24) is 10.3 Å². The third kappa shape index (κ3) is 6.38. The first kappa shape index (κ1) is 17.0. The minimum atomic E-state index is -0.979. The Bertz CT molecular complexity index is 460. The van der Waals surface area contributed by atoms with E-state index in [-0.39, 0.29) is 17.6 Å². The van der Waals surface area contributed by atoms with E-state index in [1.165, 1.54) is 11.8 Å². The topological polar surface area (TPSA) is 79.3 Å². The summed E-state index contributed by atoms with van der Waals surface area (Å²) in [5.74, 6) is -0.0813. The predicted molar refractivity (Wildman–Crippen MR) is 82.0 cm³/mol. The molecule has 0 saturated carbocycles. The molecule has 0 saturated heterocycles. The molecular weight excluding hydrogens is 296 g/mol. The molecule has 5 nitrogen and oxygen atoms in total. The highest BCUT2D eigenvalue weighted by Crippen LogP contribution is 2.15. The van der Waals surface area contributed by atoms with Crippen molar-refractivity contribution in [3.8, 4) is 0 Å². The number of nitrogens with one attached hydrogen (secondary N) is 1. The number of amides is 1. The van der Waals surface area contributed by atoms with Crippen molar-refractivity contribution in [2.24, 2.45) is 5.92 Å². The van der Waals surface area contributed by atoms with Crippen LogP contribution >= 0.6 is 23.1 Å². The molecule has 0 bridgehead atoms. The Labute approximate surface area is 127 Å². The van der Waals surface area contributed by atoms with E-state index in [1.807, 2.05) is 26.2 Å². The average molecular weight is 316 g/mol. The zero-order valence-corrected chi connectivity index (χ0v) is 13.5. The summed E-state index contributed by atoms with van der Waals surface area (Å²) < 4.78 is 0. The highest BCUT2D eigenvalue weighted by Gasteiger charge is 2.20. The number of rotatable bonds is 8. The standard InChI is InChI=1S/C13H20N2O3S2/c1-8(2)4-11(13(17)18)15-12(16)7-19-5-10-6-20-9(3)14-10/h6,8,11H,4-5,7H2,1-3H3,(H,15,16)(H,17,18)/t11-/m1/s1. The molecule has 1 rings (SSSR count). The van der Waals surface area contributed by atoms with Crippen molar-refractivity contribution in [2.75, 3.05) is 5.75 Å². The second-order valence-corrected chi connectivity index (χ2v) is 6.99. The number of hydrogen-bond acceptors (Lipinski definition) is 5. The van der Waals surface area contributed by atoms with E-state index in [1.54, 1.807) is 11.3 Å². The molecule has 0 aliphatic carbocycles. The molecule has 0 fully saturated rings. The molecule has 1 heterocycles. The molecule has 0 unspecified atom stereocenters. The van der Waals surface area contributed by atoms with Crippen molar-refractivity contribution in [1.29, 1.82) is 0 Å². The second kappa shape index (κ2) is 8.26. The summed E-state index contributed by atoms with van der Waals surface area (Å²) >= 11 is 3.02. The first-order valence-electron chi connectivity index (χ1n) is 6.39. The number of aliphatic carboxylic acids is 1. The van der Waals surface area contributed by atoms with Crippen molar-refractivity contribution < 1.29 is 14.7 Å². The molecular formula is C13H20N2O3S2. The smallest absolute Gasteiger partial charge is 0.326 e. The number of aromatic nitrogens is 1. The van der Waals surface area contributed by atoms with Crippen LogP contribution in [0.1, 0.15) is 31.0 Å². The molecule has 2 N–H and O–H groups in total. The predicted octanol–water partition coefficient (Wildman–Crippen LogP) is 2.30. The lowest BCUT2D eigenvalue weighted by Gasteiger charge is -2.16. The number of aryl methyl sites for hydroxylation is 1. The van der Waals surface area contributed by atoms with Gasteiger partial charge in [0.05, 0.1) is 16.5 Å². The maximum absolute atomic E-state index is 11.7. The third-order valence-corrected chi connectivity index (χ3v) is 4.28. The molecule has 0 radical (unpaired) electrons. The second-order valence-electron chi connectivity index (χ2n) is 4.94. The fourth-order valence-electron chi connectivity index (χ4n) is 1.65. The van der Waals surface area contributed by atoms with Crippen LogP contribution in [0.5, 0.6) is 0 Å². The summed E-state index contributed by atoms with van der Waals surface area (Å²) in [6, 6.07) is -0.801. The highest BCUT2D eigenvalue weighted by atomic mass is 32.2. The van der Waals surface area contributed by atoms with Crippen molar-refractivity contribution in [3.63, 3.8) is 0 Å². The zero-order valence-electron chi connectivity index (χ0n) is 11.9. The Balaban J connectivity index is 2.32. The van der Waals surface area contributed by atoms with Gasteiger partial charge in [-0.25, -0.2) is 9.78 Å². The Kier molecular flexibility index (Phi) is 7.01. The van der Waals surface area contributed by atoms with Crippen LogP contribution in [0.2, 0.25) is 0 Å². The summed E-state index contributed by atoms with van der Waals surface area (Å²) in [5.41, 5.74) is 0.960. The normalized spacial score (nSPS) is 12.4. The van der Waals surface area contributed by atoms with Crippen LogP contribution in [0, 0.1) is 12.8 Å². The van der Waals surface area contributed by atoms with Crippen LogP contribution in [0.15, 0.2) is 5.38 Å². The molecule has 112 valence electrons. The van der Waals surface area contributed by atoms with Gasteiger partial charge in [-0.15, -0.1) is 23.1 Å². The van der Waals surface area contributed by atoms with Crippen molar-refractivity contribution in [2.45, 2.75) is 39.0 Å². The van der Waals surface area contributed by atoms with Gasteiger partial charge in [0.1, 0.15) is 6.04 Å². The van der Waals surface area contributed by atoms with E-state index in [4.69, 9.17) is 5.11 Å². The lowest BCUT2D eigenvalue weighted by molar-refractivity contribution is -0.141. The molecule has 1 aromatic rings. The van der Waals surface area contributed by atoms with Gasteiger partial charge < -0.3 is 10.4 Å². The Morgan fingerprint density at radius 1 is 1.50 bits per heavy atom. The maximum Gasteiger partial charge on any atom is 0.326 e. The van der Waals surface area contributed by atoms with Gasteiger partial charge in [0.15, 0.2) is 0 Å². The summed E-state index contributed by atoms with van der Waals surface area (Å²) in [6.07, 6.45) is 0.441. The molecule has 0 aliphatic rings. The Morgan fingerprint density at radius 2 is 2.20 bits per heavy atom. The number of hydrogen-bond donors (Lipinski definition) is 2. The number of carbonyl (C=O) groups is 2. The number of nitrogens with zero attached hydrogens (tertiary/aromatic N) is 1. The van der Waals surface area contributed by atoms with Crippen LogP contribution < -0.4 is 5.32 Å². The zero-order chi connectivity index (χ0) is 15.1. The van der Waals surface area contributed by atoms with Crippen LogP contribution in [-0.2, 0) is 15.3 Å². The number of carbonyl (C=O) groups excluding carboxylic acids is 1. The van der Waals surface area contributed by atoms with Gasteiger partial charge in [0.2, 0.25) is 5.91 Å². The van der Waals surface area contributed by atoms with Gasteiger partial charge in [-0.3, -0.25) is 4.79 Å². The summed E-state index contributed by atoms with van der Waals surface area (Å²) in [4.78, 5) is 27.1. The van der Waals surface area contributed by atoms with Gasteiger partial charge in [-0.05, 0) is 19.3 Å². The van der Waals surface area contributed by atoms with Crippen LogP contribution in [0.4, 0.5) is 0 Å². The Hall–Kier alpha value is -1.08. The third-order valence-electron chi connectivity index (χ3n) is 2.49. The molecule has 1 amide bonds. The monoisotopic (exact) mass is 316 g/mol. The SMILES string of the molecule is Cc1nc(CSCC(=O)N[C@H](CC(C)C)C(=O)O)cs1. The summed E-state index contributed by atoms with van der Waals surface area (Å²) in [6.45, 7) is 5.80. The van der Waals surface area contributed by atoms with Gasteiger partial charge in [0.25, 0.3) is 0 Å². The molecule has 1 aromatic heterocycles. The average Bonchev–Trinajstić information content (AvgIpc) is 2.73. The fourth-order valence-corrected chi connectivity index (χ4v) is 3.10. The van der Waals surface area contributed by atoms with Crippen LogP contribution in [-0.4, -0.2) is 33.8 Å². The number of thioether (sulfide) groups is 1. The van der Waals surface area contributed by atoms with E-state index in [0.29, 0.717) is 12.2 Å². The molecule has 1 atom stereocenters. The Morgan fingerprint density at radius 3 is 2.70 bits per heavy atom. The van der Waals surface area contributed by atoms with Gasteiger partial charge in [-0.2, -0.15) is 0 Å². The van der Waals surface area contributed by atoms with E-state index < -0.39 is 12.0 Å². The van der Waals surface area contributed by atoms with E-state index >= 15 is 0 Å². The largest absolute Gasteiger partial charge is 0.480 e. The number of carboxylic acid groups (broad SMARTS) is 1. The lowest BCUT2D eigenvalue weighted by Crippen LogP contribution is -2.42. The molecule has 0 aromatic carbocycles. The van der Waals surface area contributed by atoms with Gasteiger partial charge in [-0.1, -0.05) is 13.8 Å². The minimum absolute atomic E-state index is 0.224. The van der Waals surface area contributed by atoms with E-state index in [9.17, 15) is 9.59 Å². The van der Waals surface area contributed by atoms with Crippen molar-refractivity contribution in [3.05, 3.63) is 16.1 Å². The summed E-state index contributed by atoms with van der Waals surface area (Å²) in [5, 5.41) is 14.6. The van der Waals surface area contributed by atoms with E-state index in [0.717, 1.165) is 10.7 Å². The molecule has 0 spiro atoms.